The molecule has 2 aliphatic rings. The minimum Gasteiger partial charge on any atom is -0.337 e. The third kappa shape index (κ3) is 3.13. The van der Waals surface area contributed by atoms with Crippen molar-refractivity contribution in [3.63, 3.8) is 0 Å². The largest absolute Gasteiger partial charge is 0.337 e. The predicted molar refractivity (Wildman–Crippen MR) is 101 cm³/mol. The van der Waals surface area contributed by atoms with E-state index in [1.807, 2.05) is 44.8 Å². The third-order valence-electron chi connectivity index (χ3n) is 5.18. The lowest BCUT2D eigenvalue weighted by Crippen LogP contribution is -2.63. The average molecular weight is 375 g/mol. The molecule has 0 saturated carbocycles. The second-order valence-corrected chi connectivity index (χ2v) is 9.97. The van der Waals surface area contributed by atoms with Gasteiger partial charge in [-0.05, 0) is 29.3 Å². The highest BCUT2D eigenvalue weighted by Crippen LogP contribution is 2.46. The van der Waals surface area contributed by atoms with E-state index in [1.165, 1.54) is 22.7 Å². The summed E-state index contributed by atoms with van der Waals surface area (Å²) in [6, 6.07) is 7.64. The van der Waals surface area contributed by atoms with Crippen LogP contribution < -0.4 is 0 Å². The van der Waals surface area contributed by atoms with Gasteiger partial charge in [0.05, 0.1) is 9.75 Å². The van der Waals surface area contributed by atoms with Gasteiger partial charge in [0, 0.05) is 37.0 Å². The lowest BCUT2D eigenvalue weighted by molar-refractivity contribution is -0.0535. The van der Waals surface area contributed by atoms with Crippen LogP contribution in [0.25, 0.3) is 0 Å². The van der Waals surface area contributed by atoms with Crippen molar-refractivity contribution < 1.29 is 9.59 Å². The zero-order valence-electron chi connectivity index (χ0n) is 14.5. The molecular weight excluding hydrogens is 352 g/mol. The molecule has 25 heavy (non-hydrogen) atoms. The number of carbonyl (C=O) groups excluding carboxylic acids is 2. The first kappa shape index (κ1) is 16.8. The Bertz CT molecular complexity index is 704. The quantitative estimate of drug-likeness (QED) is 0.802. The molecule has 2 aromatic heterocycles. The van der Waals surface area contributed by atoms with Gasteiger partial charge in [0.1, 0.15) is 0 Å². The van der Waals surface area contributed by atoms with E-state index < -0.39 is 0 Å². The molecule has 2 amide bonds. The summed E-state index contributed by atoms with van der Waals surface area (Å²) in [5, 5.41) is 3.89. The van der Waals surface area contributed by atoms with E-state index in [0.717, 1.165) is 16.2 Å². The number of nitrogens with zero attached hydrogens (tertiary/aromatic N) is 2. The van der Waals surface area contributed by atoms with Crippen molar-refractivity contribution in [2.75, 3.05) is 26.2 Å². The SMILES string of the molecule is CC12CN(C(=O)c3cccs3)CC(C)(CN(C(=O)c3cccs3)C1)C2. The Hall–Kier alpha value is -1.66. The van der Waals surface area contributed by atoms with Crippen LogP contribution in [0.5, 0.6) is 0 Å². The number of piperidine rings is 2. The summed E-state index contributed by atoms with van der Waals surface area (Å²) in [6.07, 6.45) is 1.06. The summed E-state index contributed by atoms with van der Waals surface area (Å²) in [6.45, 7) is 7.29. The molecule has 132 valence electrons. The minimum absolute atomic E-state index is 0.0505. The Morgan fingerprint density at radius 1 is 0.840 bits per heavy atom. The molecule has 2 bridgehead atoms. The van der Waals surface area contributed by atoms with Gasteiger partial charge >= 0.3 is 0 Å². The van der Waals surface area contributed by atoms with Crippen LogP contribution in [-0.2, 0) is 0 Å². The summed E-state index contributed by atoms with van der Waals surface area (Å²) in [5.41, 5.74) is -0.101. The van der Waals surface area contributed by atoms with Crippen molar-refractivity contribution in [1.29, 1.82) is 0 Å². The molecule has 4 rings (SSSR count). The monoisotopic (exact) mass is 374 g/mol. The highest BCUT2D eigenvalue weighted by Gasteiger charge is 2.50. The molecule has 0 radical (unpaired) electrons. The number of amides is 2. The van der Waals surface area contributed by atoms with Gasteiger partial charge in [-0.25, -0.2) is 0 Å². The predicted octanol–water partition coefficient (Wildman–Crippen LogP) is 3.82. The van der Waals surface area contributed by atoms with Gasteiger partial charge in [-0.3, -0.25) is 9.59 Å². The average Bonchev–Trinajstić information content (AvgIpc) is 3.24. The fourth-order valence-electron chi connectivity index (χ4n) is 4.71. The van der Waals surface area contributed by atoms with Gasteiger partial charge in [-0.15, -0.1) is 22.7 Å². The molecule has 2 fully saturated rings. The van der Waals surface area contributed by atoms with Crippen molar-refractivity contribution in [2.45, 2.75) is 20.3 Å². The molecule has 2 saturated heterocycles. The zero-order chi connectivity index (χ0) is 17.7. The molecule has 0 unspecified atom stereocenters. The molecule has 6 heteroatoms. The van der Waals surface area contributed by atoms with Crippen molar-refractivity contribution in [3.05, 3.63) is 44.8 Å². The zero-order valence-corrected chi connectivity index (χ0v) is 16.2. The lowest BCUT2D eigenvalue weighted by Gasteiger charge is -2.56. The Morgan fingerprint density at radius 2 is 1.24 bits per heavy atom. The summed E-state index contributed by atoms with van der Waals surface area (Å²) in [7, 11) is 0. The van der Waals surface area contributed by atoms with E-state index in [0.29, 0.717) is 26.2 Å². The molecule has 0 aliphatic carbocycles. The van der Waals surface area contributed by atoms with Crippen molar-refractivity contribution >= 4 is 34.5 Å². The van der Waals surface area contributed by atoms with Crippen molar-refractivity contribution in [2.24, 2.45) is 10.8 Å². The van der Waals surface area contributed by atoms with Crippen LogP contribution >= 0.6 is 22.7 Å². The molecule has 0 spiro atoms. The first-order valence-electron chi connectivity index (χ1n) is 8.53. The van der Waals surface area contributed by atoms with Crippen LogP contribution in [0.1, 0.15) is 39.6 Å². The molecule has 0 N–H and O–H groups in total. The molecule has 4 heterocycles. The molecule has 0 atom stereocenters. The normalized spacial score (nSPS) is 28.9. The Morgan fingerprint density at radius 3 is 1.56 bits per heavy atom. The molecular formula is C19H22N2O2S2. The number of likely N-dealkylation sites (tertiary alicyclic amines) is 2. The molecule has 2 aromatic rings. The van der Waals surface area contributed by atoms with E-state index >= 15 is 0 Å². The van der Waals surface area contributed by atoms with Crippen LogP contribution in [0.3, 0.4) is 0 Å². The second-order valence-electron chi connectivity index (χ2n) is 8.08. The number of carbonyl (C=O) groups is 2. The number of fused-ring (bicyclic) bond motifs is 2. The number of rotatable bonds is 2. The van der Waals surface area contributed by atoms with Gasteiger partial charge in [0.25, 0.3) is 11.8 Å². The smallest absolute Gasteiger partial charge is 0.263 e. The summed E-state index contributed by atoms with van der Waals surface area (Å²) >= 11 is 3.00. The number of hydrogen-bond donors (Lipinski definition) is 0. The van der Waals surface area contributed by atoms with E-state index in [4.69, 9.17) is 0 Å². The van der Waals surface area contributed by atoms with Gasteiger partial charge in [0.2, 0.25) is 0 Å². The second kappa shape index (κ2) is 5.95. The van der Waals surface area contributed by atoms with Crippen molar-refractivity contribution in [3.8, 4) is 0 Å². The van der Waals surface area contributed by atoms with Crippen LogP contribution in [-0.4, -0.2) is 47.8 Å². The summed E-state index contributed by atoms with van der Waals surface area (Å²) in [5.74, 6) is 0.260. The minimum atomic E-state index is -0.0505. The van der Waals surface area contributed by atoms with Crippen LogP contribution in [0, 0.1) is 10.8 Å². The maximum atomic E-state index is 12.8. The highest BCUT2D eigenvalue weighted by atomic mass is 32.1. The number of thiophene rings is 2. The van der Waals surface area contributed by atoms with Crippen LogP contribution in [0.2, 0.25) is 0 Å². The van der Waals surface area contributed by atoms with Gasteiger partial charge < -0.3 is 9.80 Å². The maximum Gasteiger partial charge on any atom is 0.263 e. The van der Waals surface area contributed by atoms with E-state index in [2.05, 4.69) is 13.8 Å². The first-order chi connectivity index (χ1) is 11.9. The summed E-state index contributed by atoms with van der Waals surface area (Å²) < 4.78 is 0. The lowest BCUT2D eigenvalue weighted by atomic mass is 9.65. The fourth-order valence-corrected chi connectivity index (χ4v) is 6.09. The third-order valence-corrected chi connectivity index (χ3v) is 6.90. The summed E-state index contributed by atoms with van der Waals surface area (Å²) in [4.78, 5) is 31.3. The Labute approximate surface area is 156 Å². The van der Waals surface area contributed by atoms with Crippen LogP contribution in [0.15, 0.2) is 35.0 Å². The molecule has 0 aromatic carbocycles. The van der Waals surface area contributed by atoms with E-state index in [1.54, 1.807) is 0 Å². The first-order valence-corrected chi connectivity index (χ1v) is 10.3. The van der Waals surface area contributed by atoms with Gasteiger partial charge in [-0.2, -0.15) is 0 Å². The Balaban J connectivity index is 1.56. The maximum absolute atomic E-state index is 12.8. The fraction of sp³-hybridized carbons (Fsp3) is 0.474. The highest BCUT2D eigenvalue weighted by molar-refractivity contribution is 7.12. The Kier molecular flexibility index (Phi) is 4.00. The number of hydrogen-bond acceptors (Lipinski definition) is 4. The van der Waals surface area contributed by atoms with Gasteiger partial charge in [-0.1, -0.05) is 26.0 Å². The topological polar surface area (TPSA) is 40.6 Å². The van der Waals surface area contributed by atoms with Crippen molar-refractivity contribution in [1.82, 2.24) is 9.80 Å². The molecule has 4 nitrogen and oxygen atoms in total. The molecule has 2 aliphatic heterocycles. The van der Waals surface area contributed by atoms with Gasteiger partial charge in [0.15, 0.2) is 0 Å². The standard InChI is InChI=1S/C19H22N2O2S2/c1-18-9-19(2,12-20(10-18)16(22)14-5-3-7-24-14)13-21(11-18)17(23)15-6-4-8-25-15/h3-8H,9-13H2,1-2H3. The van der Waals surface area contributed by atoms with Crippen LogP contribution in [0.4, 0.5) is 0 Å². The van der Waals surface area contributed by atoms with E-state index in [9.17, 15) is 9.59 Å². The van der Waals surface area contributed by atoms with E-state index in [-0.39, 0.29) is 22.6 Å².